The fourth-order valence-corrected chi connectivity index (χ4v) is 3.41. The predicted octanol–water partition coefficient (Wildman–Crippen LogP) is 0.196. The van der Waals surface area contributed by atoms with Gasteiger partial charge in [0.1, 0.15) is 18.1 Å². The Morgan fingerprint density at radius 1 is 1.03 bits per heavy atom. The van der Waals surface area contributed by atoms with Crippen LogP contribution in [0, 0.1) is 5.92 Å². The molecule has 0 saturated carbocycles. The van der Waals surface area contributed by atoms with Crippen LogP contribution in [0.25, 0.3) is 0 Å². The highest BCUT2D eigenvalue weighted by atomic mass is 16.4. The van der Waals surface area contributed by atoms with Crippen molar-refractivity contribution >= 4 is 23.7 Å². The topological polar surface area (TPSA) is 137 Å². The van der Waals surface area contributed by atoms with E-state index in [1.165, 1.54) is 0 Å². The number of carbonyl (C=O) groups excluding carboxylic acids is 3. The highest BCUT2D eigenvalue weighted by molar-refractivity contribution is 5.94. The third-order valence-corrected chi connectivity index (χ3v) is 5.27. The first-order chi connectivity index (χ1) is 14.7. The second-order valence-corrected chi connectivity index (χ2v) is 8.20. The van der Waals surface area contributed by atoms with Crippen LogP contribution >= 0.6 is 0 Å². The van der Waals surface area contributed by atoms with E-state index in [9.17, 15) is 24.3 Å². The summed E-state index contributed by atoms with van der Waals surface area (Å²) < 4.78 is 0. The van der Waals surface area contributed by atoms with Crippen molar-refractivity contribution < 1.29 is 24.3 Å². The number of benzene rings is 1. The Balaban J connectivity index is 1.97. The van der Waals surface area contributed by atoms with Gasteiger partial charge in [0.15, 0.2) is 0 Å². The van der Waals surface area contributed by atoms with Crippen molar-refractivity contribution in [2.75, 3.05) is 6.54 Å². The Morgan fingerprint density at radius 3 is 2.26 bits per heavy atom. The molecule has 9 heteroatoms. The zero-order chi connectivity index (χ0) is 23.0. The molecule has 1 aliphatic heterocycles. The Morgan fingerprint density at radius 2 is 1.71 bits per heavy atom. The molecule has 0 spiro atoms. The highest BCUT2D eigenvalue weighted by Gasteiger charge is 2.31. The normalized spacial score (nSPS) is 18.6. The number of hydrogen-bond donors (Lipinski definition) is 5. The summed E-state index contributed by atoms with van der Waals surface area (Å²) in [6.07, 6.45) is 1.75. The summed E-state index contributed by atoms with van der Waals surface area (Å²) in [5.74, 6) is -2.78. The van der Waals surface area contributed by atoms with Gasteiger partial charge >= 0.3 is 5.97 Å². The largest absolute Gasteiger partial charge is 0.480 e. The summed E-state index contributed by atoms with van der Waals surface area (Å²) >= 11 is 0. The molecule has 170 valence electrons. The molecule has 0 radical (unpaired) electrons. The summed E-state index contributed by atoms with van der Waals surface area (Å²) in [5.41, 5.74) is 0.775. The summed E-state index contributed by atoms with van der Waals surface area (Å²) in [6, 6.07) is 5.78. The van der Waals surface area contributed by atoms with Gasteiger partial charge in [0.05, 0.1) is 6.04 Å². The molecule has 3 amide bonds. The van der Waals surface area contributed by atoms with E-state index in [-0.39, 0.29) is 24.3 Å². The van der Waals surface area contributed by atoms with Crippen LogP contribution in [0.1, 0.15) is 39.2 Å². The molecule has 1 saturated heterocycles. The van der Waals surface area contributed by atoms with Crippen LogP contribution in [0.2, 0.25) is 0 Å². The molecule has 4 unspecified atom stereocenters. The lowest BCUT2D eigenvalue weighted by Crippen LogP contribution is -2.58. The molecule has 0 bridgehead atoms. The molecule has 1 aromatic rings. The van der Waals surface area contributed by atoms with Gasteiger partial charge in [0, 0.05) is 6.42 Å². The van der Waals surface area contributed by atoms with E-state index in [1.807, 2.05) is 6.07 Å². The zero-order valence-electron chi connectivity index (χ0n) is 18.2. The number of aliphatic carboxylic acids is 1. The van der Waals surface area contributed by atoms with Gasteiger partial charge in [-0.2, -0.15) is 0 Å². The predicted molar refractivity (Wildman–Crippen MR) is 115 cm³/mol. The Labute approximate surface area is 182 Å². The van der Waals surface area contributed by atoms with Crippen LogP contribution in [0.5, 0.6) is 0 Å². The van der Waals surface area contributed by atoms with E-state index in [2.05, 4.69) is 21.3 Å². The fourth-order valence-electron chi connectivity index (χ4n) is 3.41. The van der Waals surface area contributed by atoms with Crippen molar-refractivity contribution in [2.45, 2.75) is 64.2 Å². The molecule has 0 aliphatic carbocycles. The number of hydrogen-bond acceptors (Lipinski definition) is 5. The minimum absolute atomic E-state index is 0.127. The highest BCUT2D eigenvalue weighted by Crippen LogP contribution is 2.08. The van der Waals surface area contributed by atoms with Crippen LogP contribution in [0.4, 0.5) is 0 Å². The molecule has 5 N–H and O–H groups in total. The summed E-state index contributed by atoms with van der Waals surface area (Å²) in [5, 5.41) is 20.4. The first-order valence-corrected chi connectivity index (χ1v) is 10.6. The minimum Gasteiger partial charge on any atom is -0.480 e. The molecular weight excluding hydrogens is 400 g/mol. The van der Waals surface area contributed by atoms with Crippen LogP contribution < -0.4 is 21.3 Å². The van der Waals surface area contributed by atoms with E-state index < -0.39 is 35.9 Å². The van der Waals surface area contributed by atoms with Crippen LogP contribution in [-0.2, 0) is 25.6 Å². The van der Waals surface area contributed by atoms with Gasteiger partial charge in [0.25, 0.3) is 0 Å². The Kier molecular flexibility index (Phi) is 8.99. The van der Waals surface area contributed by atoms with Crippen LogP contribution in [0.15, 0.2) is 30.3 Å². The van der Waals surface area contributed by atoms with E-state index in [0.717, 1.165) is 24.9 Å². The van der Waals surface area contributed by atoms with Gasteiger partial charge in [-0.05, 0) is 37.8 Å². The van der Waals surface area contributed by atoms with Crippen molar-refractivity contribution in [3.63, 3.8) is 0 Å². The summed E-state index contributed by atoms with van der Waals surface area (Å²) in [6.45, 7) is 5.82. The number of rotatable bonds is 10. The zero-order valence-corrected chi connectivity index (χ0v) is 18.2. The van der Waals surface area contributed by atoms with Gasteiger partial charge in [-0.25, -0.2) is 4.79 Å². The number of carboxylic acid groups (broad SMARTS) is 1. The van der Waals surface area contributed by atoms with Gasteiger partial charge < -0.3 is 26.4 Å². The van der Waals surface area contributed by atoms with Crippen molar-refractivity contribution in [3.8, 4) is 0 Å². The average molecular weight is 433 g/mol. The number of carboxylic acids is 1. The van der Waals surface area contributed by atoms with E-state index >= 15 is 0 Å². The maximum absolute atomic E-state index is 12.8. The lowest BCUT2D eigenvalue weighted by atomic mass is 10.0. The van der Waals surface area contributed by atoms with Crippen LogP contribution in [0.3, 0.4) is 0 Å². The lowest BCUT2D eigenvalue weighted by Gasteiger charge is -2.26. The monoisotopic (exact) mass is 432 g/mol. The lowest BCUT2D eigenvalue weighted by molar-refractivity contribution is -0.142. The molecule has 1 aliphatic rings. The van der Waals surface area contributed by atoms with Gasteiger partial charge in [0.2, 0.25) is 17.7 Å². The number of nitrogens with one attached hydrogen (secondary N) is 4. The van der Waals surface area contributed by atoms with E-state index in [1.54, 1.807) is 45.0 Å². The van der Waals surface area contributed by atoms with E-state index in [4.69, 9.17) is 0 Å². The van der Waals surface area contributed by atoms with Crippen molar-refractivity contribution in [1.29, 1.82) is 0 Å². The molecule has 9 nitrogen and oxygen atoms in total. The maximum Gasteiger partial charge on any atom is 0.326 e. The standard InChI is InChI=1S/C22H32N4O5/c1-13(2)18(26-19(27)14(3)24-20(28)16-10-7-11-23-16)21(29)25-17(22(30)31)12-15-8-5-4-6-9-15/h4-6,8-9,13-14,16-18,23H,7,10-12H2,1-3H3,(H,24,28)(H,25,29)(H,26,27)(H,30,31). The SMILES string of the molecule is CC(NC(=O)C1CCCN1)C(=O)NC(C(=O)NC(Cc1ccccc1)C(=O)O)C(C)C. The third kappa shape index (κ3) is 7.36. The molecule has 1 aromatic carbocycles. The van der Waals surface area contributed by atoms with Gasteiger partial charge in [-0.15, -0.1) is 0 Å². The van der Waals surface area contributed by atoms with Crippen molar-refractivity contribution in [1.82, 2.24) is 21.3 Å². The number of carbonyl (C=O) groups is 4. The van der Waals surface area contributed by atoms with Crippen molar-refractivity contribution in [2.24, 2.45) is 5.92 Å². The van der Waals surface area contributed by atoms with Gasteiger partial charge in [-0.3, -0.25) is 14.4 Å². The Bertz CT molecular complexity index is 777. The quantitative estimate of drug-likeness (QED) is 0.358. The van der Waals surface area contributed by atoms with E-state index in [0.29, 0.717) is 0 Å². The molecule has 31 heavy (non-hydrogen) atoms. The smallest absolute Gasteiger partial charge is 0.326 e. The average Bonchev–Trinajstić information content (AvgIpc) is 3.26. The fraction of sp³-hybridized carbons (Fsp3) is 0.545. The first kappa shape index (κ1) is 24.3. The molecule has 4 atom stereocenters. The maximum atomic E-state index is 12.8. The number of amides is 3. The molecule has 1 heterocycles. The molecule has 0 aromatic heterocycles. The summed E-state index contributed by atoms with van der Waals surface area (Å²) in [7, 11) is 0. The van der Waals surface area contributed by atoms with Crippen LogP contribution in [-0.4, -0.2) is 59.5 Å². The molecule has 1 fully saturated rings. The second kappa shape index (κ2) is 11.5. The first-order valence-electron chi connectivity index (χ1n) is 10.6. The second-order valence-electron chi connectivity index (χ2n) is 8.20. The summed E-state index contributed by atoms with van der Waals surface area (Å²) in [4.78, 5) is 49.2. The minimum atomic E-state index is -1.16. The van der Waals surface area contributed by atoms with Gasteiger partial charge in [-0.1, -0.05) is 44.2 Å². The molecule has 2 rings (SSSR count). The third-order valence-electron chi connectivity index (χ3n) is 5.27. The molecular formula is C22H32N4O5. The Hall–Kier alpha value is -2.94. The van der Waals surface area contributed by atoms with Crippen molar-refractivity contribution in [3.05, 3.63) is 35.9 Å².